The van der Waals surface area contributed by atoms with Crippen LogP contribution in [0.5, 0.6) is 0 Å². The van der Waals surface area contributed by atoms with Gasteiger partial charge >= 0.3 is 0 Å². The van der Waals surface area contributed by atoms with Gasteiger partial charge in [0.05, 0.1) is 5.41 Å². The van der Waals surface area contributed by atoms with E-state index in [2.05, 4.69) is 15.3 Å². The third-order valence-electron chi connectivity index (χ3n) is 3.85. The number of hydrogen-bond donors (Lipinski definition) is 1. The predicted molar refractivity (Wildman–Crippen MR) is 72.6 cm³/mol. The predicted octanol–water partition coefficient (Wildman–Crippen LogP) is 2.68. The normalized spacial score (nSPS) is 16.2. The minimum absolute atomic E-state index is 0.201. The molecule has 0 radical (unpaired) electrons. The van der Waals surface area contributed by atoms with Crippen molar-refractivity contribution in [2.75, 3.05) is 5.32 Å². The Labute approximate surface area is 116 Å². The Balaban J connectivity index is 1.90. The highest BCUT2D eigenvalue weighted by atomic mass is 19.1. The quantitative estimate of drug-likeness (QED) is 0.933. The maximum Gasteiger partial charge on any atom is 0.236 e. The number of amides is 1. The summed E-state index contributed by atoms with van der Waals surface area (Å²) in [7, 11) is 0. The minimum atomic E-state index is -0.768. The van der Waals surface area contributed by atoms with Gasteiger partial charge in [0.2, 0.25) is 5.91 Å². The van der Waals surface area contributed by atoms with Crippen molar-refractivity contribution in [2.24, 2.45) is 0 Å². The van der Waals surface area contributed by atoms with Gasteiger partial charge in [0.25, 0.3) is 0 Å². The van der Waals surface area contributed by atoms with Crippen molar-refractivity contribution in [1.29, 1.82) is 0 Å². The summed E-state index contributed by atoms with van der Waals surface area (Å²) < 4.78 is 14.0. The van der Waals surface area contributed by atoms with Gasteiger partial charge in [0.15, 0.2) is 0 Å². The number of halogens is 1. The topological polar surface area (TPSA) is 54.9 Å². The Kier molecular flexibility index (Phi) is 3.18. The molecule has 0 saturated heterocycles. The molecule has 5 heteroatoms. The minimum Gasteiger partial charge on any atom is -0.310 e. The summed E-state index contributed by atoms with van der Waals surface area (Å²) in [5, 5.41) is 2.75. The second-order valence-corrected chi connectivity index (χ2v) is 4.96. The molecule has 102 valence electrons. The molecular formula is C15H14FN3O. The van der Waals surface area contributed by atoms with Gasteiger partial charge in [-0.15, -0.1) is 0 Å². The summed E-state index contributed by atoms with van der Waals surface area (Å²) in [4.78, 5) is 20.3. The third kappa shape index (κ3) is 2.05. The molecule has 0 unspecified atom stereocenters. The summed E-state index contributed by atoms with van der Waals surface area (Å²) in [5.74, 6) is -0.0924. The molecular weight excluding hydrogens is 257 g/mol. The molecule has 4 nitrogen and oxygen atoms in total. The zero-order chi connectivity index (χ0) is 14.0. The number of anilines is 1. The van der Waals surface area contributed by atoms with Crippen molar-refractivity contribution in [1.82, 2.24) is 9.97 Å². The Hall–Kier alpha value is -2.30. The van der Waals surface area contributed by atoms with Gasteiger partial charge in [-0.1, -0.05) is 24.6 Å². The van der Waals surface area contributed by atoms with Crippen LogP contribution in [0.25, 0.3) is 0 Å². The zero-order valence-electron chi connectivity index (χ0n) is 10.8. The molecule has 1 N–H and O–H groups in total. The van der Waals surface area contributed by atoms with Crippen molar-refractivity contribution < 1.29 is 9.18 Å². The van der Waals surface area contributed by atoms with Crippen LogP contribution in [0.15, 0.2) is 42.9 Å². The lowest BCUT2D eigenvalue weighted by atomic mass is 9.63. The van der Waals surface area contributed by atoms with Crippen molar-refractivity contribution in [2.45, 2.75) is 24.7 Å². The molecule has 1 heterocycles. The van der Waals surface area contributed by atoms with Gasteiger partial charge in [0.1, 0.15) is 18.0 Å². The molecule has 20 heavy (non-hydrogen) atoms. The van der Waals surface area contributed by atoms with E-state index in [1.165, 1.54) is 12.4 Å². The number of nitrogens with zero attached hydrogens (tertiary/aromatic N) is 2. The number of carbonyl (C=O) groups is 1. The van der Waals surface area contributed by atoms with Crippen molar-refractivity contribution >= 4 is 11.7 Å². The number of rotatable bonds is 3. The molecule has 0 aliphatic heterocycles. The number of aromatic nitrogens is 2. The standard InChI is InChI=1S/C15H14FN3O/c16-12-5-2-1-4-11(12)15(7-3-8-15)14(20)19-13-6-9-17-10-18-13/h1-2,4-6,9-10H,3,7-8H2,(H,17,18,19,20). The summed E-state index contributed by atoms with van der Waals surface area (Å²) >= 11 is 0. The van der Waals surface area contributed by atoms with Crippen LogP contribution in [0, 0.1) is 5.82 Å². The fourth-order valence-electron chi connectivity index (χ4n) is 2.60. The van der Waals surface area contributed by atoms with Crippen molar-refractivity contribution in [3.8, 4) is 0 Å². The second kappa shape index (κ2) is 5.00. The smallest absolute Gasteiger partial charge is 0.236 e. The van der Waals surface area contributed by atoms with Crippen LogP contribution >= 0.6 is 0 Å². The van der Waals surface area contributed by atoms with E-state index in [-0.39, 0.29) is 11.7 Å². The van der Waals surface area contributed by atoms with E-state index in [1.54, 1.807) is 30.5 Å². The van der Waals surface area contributed by atoms with E-state index in [4.69, 9.17) is 0 Å². The number of hydrogen-bond acceptors (Lipinski definition) is 3. The molecule has 3 rings (SSSR count). The third-order valence-corrected chi connectivity index (χ3v) is 3.85. The molecule has 0 spiro atoms. The molecule has 1 saturated carbocycles. The average molecular weight is 271 g/mol. The zero-order valence-corrected chi connectivity index (χ0v) is 10.8. The summed E-state index contributed by atoms with van der Waals surface area (Å²) in [6, 6.07) is 8.09. The van der Waals surface area contributed by atoms with Crippen molar-refractivity contribution in [3.63, 3.8) is 0 Å². The second-order valence-electron chi connectivity index (χ2n) is 4.96. The Bertz CT molecular complexity index is 626. The highest BCUT2D eigenvalue weighted by Gasteiger charge is 2.47. The van der Waals surface area contributed by atoms with Crippen LogP contribution in [0.3, 0.4) is 0 Å². The van der Waals surface area contributed by atoms with Gasteiger partial charge in [-0.3, -0.25) is 4.79 Å². The van der Waals surface area contributed by atoms with E-state index in [1.807, 2.05) is 0 Å². The van der Waals surface area contributed by atoms with Gasteiger partial charge in [-0.25, -0.2) is 14.4 Å². The molecule has 1 aliphatic rings. The van der Waals surface area contributed by atoms with Gasteiger partial charge in [-0.2, -0.15) is 0 Å². The van der Waals surface area contributed by atoms with Crippen LogP contribution in [-0.2, 0) is 10.2 Å². The molecule has 1 amide bonds. The molecule has 1 aromatic carbocycles. The van der Waals surface area contributed by atoms with Gasteiger partial charge in [0, 0.05) is 11.8 Å². The number of nitrogens with one attached hydrogen (secondary N) is 1. The summed E-state index contributed by atoms with van der Waals surface area (Å²) in [6.07, 6.45) is 5.16. The molecule has 0 atom stereocenters. The highest BCUT2D eigenvalue weighted by molar-refractivity contribution is 5.99. The largest absolute Gasteiger partial charge is 0.310 e. The lowest BCUT2D eigenvalue weighted by Gasteiger charge is -2.40. The maximum absolute atomic E-state index is 14.0. The monoisotopic (exact) mass is 271 g/mol. The van der Waals surface area contributed by atoms with E-state index < -0.39 is 5.41 Å². The SMILES string of the molecule is O=C(Nc1ccncn1)C1(c2ccccc2F)CCC1. The Morgan fingerprint density at radius 3 is 2.65 bits per heavy atom. The molecule has 1 fully saturated rings. The first kappa shape index (κ1) is 12.7. The van der Waals surface area contributed by atoms with Crippen LogP contribution in [-0.4, -0.2) is 15.9 Å². The average Bonchev–Trinajstić information content (AvgIpc) is 2.41. The Morgan fingerprint density at radius 2 is 2.05 bits per heavy atom. The van der Waals surface area contributed by atoms with E-state index in [9.17, 15) is 9.18 Å². The molecule has 1 aromatic heterocycles. The number of carbonyl (C=O) groups excluding carboxylic acids is 1. The van der Waals surface area contributed by atoms with Gasteiger partial charge < -0.3 is 5.32 Å². The lowest BCUT2D eigenvalue weighted by Crippen LogP contribution is -2.46. The first-order valence-electron chi connectivity index (χ1n) is 6.55. The van der Waals surface area contributed by atoms with E-state index >= 15 is 0 Å². The van der Waals surface area contributed by atoms with E-state index in [0.717, 1.165) is 6.42 Å². The number of benzene rings is 1. The first-order valence-corrected chi connectivity index (χ1v) is 6.55. The highest BCUT2D eigenvalue weighted by Crippen LogP contribution is 2.45. The van der Waals surface area contributed by atoms with Crippen LogP contribution < -0.4 is 5.32 Å². The van der Waals surface area contributed by atoms with Crippen LogP contribution in [0.2, 0.25) is 0 Å². The van der Waals surface area contributed by atoms with Crippen LogP contribution in [0.4, 0.5) is 10.2 Å². The van der Waals surface area contributed by atoms with Gasteiger partial charge in [-0.05, 0) is 25.0 Å². The Morgan fingerprint density at radius 1 is 1.25 bits per heavy atom. The molecule has 2 aromatic rings. The fraction of sp³-hybridized carbons (Fsp3) is 0.267. The van der Waals surface area contributed by atoms with E-state index in [0.29, 0.717) is 24.2 Å². The van der Waals surface area contributed by atoms with Crippen LogP contribution in [0.1, 0.15) is 24.8 Å². The van der Waals surface area contributed by atoms with Crippen molar-refractivity contribution in [3.05, 3.63) is 54.2 Å². The first-order chi connectivity index (χ1) is 9.72. The molecule has 1 aliphatic carbocycles. The summed E-state index contributed by atoms with van der Waals surface area (Å²) in [6.45, 7) is 0. The summed E-state index contributed by atoms with van der Waals surface area (Å²) in [5.41, 5.74) is -0.297. The maximum atomic E-state index is 14.0. The molecule has 0 bridgehead atoms. The fourth-order valence-corrected chi connectivity index (χ4v) is 2.60. The lowest BCUT2D eigenvalue weighted by molar-refractivity contribution is -0.124.